The number of carbonyl (C=O) groups is 1. The van der Waals surface area contributed by atoms with E-state index in [1.54, 1.807) is 7.11 Å². The van der Waals surface area contributed by atoms with Crippen molar-refractivity contribution in [2.24, 2.45) is 11.3 Å². The van der Waals surface area contributed by atoms with E-state index in [-0.39, 0.29) is 5.91 Å². The second kappa shape index (κ2) is 6.24. The lowest BCUT2D eigenvalue weighted by atomic mass is 9.63. The van der Waals surface area contributed by atoms with Gasteiger partial charge in [-0.15, -0.1) is 0 Å². The third-order valence-corrected chi connectivity index (χ3v) is 5.96. The van der Waals surface area contributed by atoms with Crippen LogP contribution in [0.4, 0.5) is 0 Å². The van der Waals surface area contributed by atoms with Gasteiger partial charge in [0.2, 0.25) is 0 Å². The van der Waals surface area contributed by atoms with Crippen LogP contribution in [0.2, 0.25) is 0 Å². The van der Waals surface area contributed by atoms with E-state index < -0.39 is 0 Å². The van der Waals surface area contributed by atoms with Crippen LogP contribution in [0.25, 0.3) is 0 Å². The summed E-state index contributed by atoms with van der Waals surface area (Å²) in [5.74, 6) is 3.00. The van der Waals surface area contributed by atoms with Crippen LogP contribution in [0.15, 0.2) is 6.07 Å². The lowest BCUT2D eigenvalue weighted by Gasteiger charge is -2.60. The molecule has 3 rings (SSSR count). The number of ether oxygens (including phenoxy) is 1. The molecule has 2 saturated heterocycles. The third-order valence-electron chi connectivity index (χ3n) is 4.98. The Morgan fingerprint density at radius 1 is 1.55 bits per heavy atom. The fraction of sp³-hybridized carbons (Fsp3) is 0.750. The zero-order chi connectivity index (χ0) is 15.7. The lowest BCUT2D eigenvalue weighted by Crippen LogP contribution is -2.69. The van der Waals surface area contributed by atoms with Crippen molar-refractivity contribution in [2.45, 2.75) is 39.3 Å². The van der Waals surface area contributed by atoms with Crippen molar-refractivity contribution in [3.8, 4) is 0 Å². The lowest BCUT2D eigenvalue weighted by molar-refractivity contribution is -0.0792. The number of rotatable bonds is 4. The minimum absolute atomic E-state index is 0.0566. The molecule has 2 aliphatic rings. The van der Waals surface area contributed by atoms with Crippen LogP contribution in [0, 0.1) is 11.3 Å². The van der Waals surface area contributed by atoms with E-state index in [4.69, 9.17) is 4.74 Å². The Balaban J connectivity index is 1.74. The predicted octanol–water partition coefficient (Wildman–Crippen LogP) is 2.55. The predicted molar refractivity (Wildman–Crippen MR) is 88.0 cm³/mol. The molecule has 0 radical (unpaired) electrons. The highest BCUT2D eigenvalue weighted by Gasteiger charge is 2.55. The first-order valence-corrected chi connectivity index (χ1v) is 9.15. The zero-order valence-electron chi connectivity index (χ0n) is 13.6. The molecule has 6 heteroatoms. The summed E-state index contributed by atoms with van der Waals surface area (Å²) >= 11 is 2.04. The fourth-order valence-corrected chi connectivity index (χ4v) is 5.40. The highest BCUT2D eigenvalue weighted by atomic mass is 32.2. The summed E-state index contributed by atoms with van der Waals surface area (Å²) in [7, 11) is 1.64. The average Bonchev–Trinajstić information content (AvgIpc) is 2.94. The molecular weight excluding hydrogens is 298 g/mol. The van der Waals surface area contributed by atoms with Crippen molar-refractivity contribution in [1.82, 2.24) is 15.1 Å². The fourth-order valence-electron chi connectivity index (χ4n) is 4.09. The molecule has 2 aliphatic heterocycles. The van der Waals surface area contributed by atoms with E-state index in [1.165, 1.54) is 24.3 Å². The Bertz CT molecular complexity index is 537. The zero-order valence-corrected chi connectivity index (χ0v) is 14.4. The number of nitrogens with one attached hydrogen (secondary N) is 1. The maximum atomic E-state index is 12.8. The van der Waals surface area contributed by atoms with E-state index in [0.717, 1.165) is 12.2 Å². The Morgan fingerprint density at radius 2 is 2.27 bits per heavy atom. The van der Waals surface area contributed by atoms with Crippen molar-refractivity contribution in [3.05, 3.63) is 17.5 Å². The number of H-pyrrole nitrogens is 1. The normalized spacial score (nSPS) is 23.8. The van der Waals surface area contributed by atoms with Gasteiger partial charge in [0.15, 0.2) is 5.69 Å². The average molecular weight is 323 g/mol. The van der Waals surface area contributed by atoms with Crippen molar-refractivity contribution < 1.29 is 9.53 Å². The summed E-state index contributed by atoms with van der Waals surface area (Å²) in [6, 6.07) is 2.16. The first kappa shape index (κ1) is 15.9. The highest BCUT2D eigenvalue weighted by Crippen LogP contribution is 2.50. The van der Waals surface area contributed by atoms with Crippen LogP contribution in [-0.2, 0) is 11.3 Å². The van der Waals surface area contributed by atoms with Crippen LogP contribution >= 0.6 is 11.8 Å². The molecule has 0 aliphatic carbocycles. The van der Waals surface area contributed by atoms with Gasteiger partial charge in [-0.25, -0.2) is 0 Å². The molecule has 0 aromatic carbocycles. The number of thioether (sulfide) groups is 1. The molecule has 2 fully saturated rings. The first-order chi connectivity index (χ1) is 10.6. The molecule has 1 N–H and O–H groups in total. The van der Waals surface area contributed by atoms with E-state index in [0.29, 0.717) is 29.7 Å². The van der Waals surface area contributed by atoms with Crippen LogP contribution in [0.3, 0.4) is 0 Å². The van der Waals surface area contributed by atoms with Crippen LogP contribution in [-0.4, -0.2) is 52.2 Å². The number of aromatic amines is 1. The summed E-state index contributed by atoms with van der Waals surface area (Å²) in [5, 5.41) is 7.04. The molecule has 0 bridgehead atoms. The van der Waals surface area contributed by atoms with Crippen LogP contribution < -0.4 is 0 Å². The summed E-state index contributed by atoms with van der Waals surface area (Å²) in [5.41, 5.74) is 1.70. The van der Waals surface area contributed by atoms with Crippen molar-refractivity contribution >= 4 is 17.7 Å². The number of hydrogen-bond acceptors (Lipinski definition) is 4. The van der Waals surface area contributed by atoms with Gasteiger partial charge in [-0.05, 0) is 36.3 Å². The summed E-state index contributed by atoms with van der Waals surface area (Å²) in [4.78, 5) is 14.8. The quantitative estimate of drug-likeness (QED) is 0.925. The summed E-state index contributed by atoms with van der Waals surface area (Å²) in [6.07, 6.45) is 2.47. The molecule has 1 aromatic rings. The number of aromatic nitrogens is 2. The van der Waals surface area contributed by atoms with Gasteiger partial charge in [0.1, 0.15) is 0 Å². The van der Waals surface area contributed by atoms with Gasteiger partial charge >= 0.3 is 0 Å². The van der Waals surface area contributed by atoms with Crippen molar-refractivity contribution in [1.29, 1.82) is 0 Å². The summed E-state index contributed by atoms with van der Waals surface area (Å²) in [6.45, 7) is 5.81. The standard InChI is InChI=1S/C16H25N3O2S/c1-11(2)14-16(4-6-22-7-5-16)10-19(14)15(20)13-8-12(9-21-3)17-18-13/h8,11,14H,4-7,9-10H2,1-3H3,(H,17,18). The van der Waals surface area contributed by atoms with Gasteiger partial charge in [0, 0.05) is 25.1 Å². The van der Waals surface area contributed by atoms with Gasteiger partial charge in [-0.2, -0.15) is 16.9 Å². The van der Waals surface area contributed by atoms with Crippen LogP contribution in [0.5, 0.6) is 0 Å². The first-order valence-electron chi connectivity index (χ1n) is 7.99. The maximum Gasteiger partial charge on any atom is 0.274 e. The Kier molecular flexibility index (Phi) is 4.50. The van der Waals surface area contributed by atoms with E-state index >= 15 is 0 Å². The number of nitrogens with zero attached hydrogens (tertiary/aromatic N) is 2. The molecule has 22 heavy (non-hydrogen) atoms. The monoisotopic (exact) mass is 323 g/mol. The highest BCUT2D eigenvalue weighted by molar-refractivity contribution is 7.99. The molecule has 122 valence electrons. The molecule has 1 amide bonds. The largest absolute Gasteiger partial charge is 0.378 e. The summed E-state index contributed by atoms with van der Waals surface area (Å²) < 4.78 is 5.07. The minimum atomic E-state index is 0.0566. The molecule has 1 unspecified atom stereocenters. The van der Waals surface area contributed by atoms with Gasteiger partial charge < -0.3 is 9.64 Å². The third kappa shape index (κ3) is 2.67. The van der Waals surface area contributed by atoms with Gasteiger partial charge in [0.05, 0.1) is 12.3 Å². The number of hydrogen-bond donors (Lipinski definition) is 1. The molecule has 5 nitrogen and oxygen atoms in total. The van der Waals surface area contributed by atoms with Crippen LogP contribution in [0.1, 0.15) is 42.9 Å². The van der Waals surface area contributed by atoms with E-state index in [2.05, 4.69) is 24.0 Å². The topological polar surface area (TPSA) is 58.2 Å². The molecular formula is C16H25N3O2S. The smallest absolute Gasteiger partial charge is 0.274 e. The Hall–Kier alpha value is -1.01. The number of likely N-dealkylation sites (tertiary alicyclic amines) is 1. The number of methoxy groups -OCH3 is 1. The van der Waals surface area contributed by atoms with Gasteiger partial charge in [0.25, 0.3) is 5.91 Å². The SMILES string of the molecule is COCc1cc(C(=O)N2CC3(CCSCC3)C2C(C)C)n[nH]1. The van der Waals surface area contributed by atoms with E-state index in [9.17, 15) is 4.79 Å². The van der Waals surface area contributed by atoms with Crippen molar-refractivity contribution in [3.63, 3.8) is 0 Å². The molecule has 1 aromatic heterocycles. The Labute approximate surface area is 136 Å². The maximum absolute atomic E-state index is 12.8. The Morgan fingerprint density at radius 3 is 2.91 bits per heavy atom. The number of amides is 1. The van der Waals surface area contributed by atoms with Gasteiger partial charge in [-0.1, -0.05) is 13.8 Å². The van der Waals surface area contributed by atoms with Crippen molar-refractivity contribution in [2.75, 3.05) is 25.2 Å². The van der Waals surface area contributed by atoms with E-state index in [1.807, 2.05) is 22.7 Å². The molecule has 1 spiro atoms. The second-order valence-corrected chi connectivity index (χ2v) is 8.03. The molecule has 0 saturated carbocycles. The minimum Gasteiger partial charge on any atom is -0.378 e. The molecule has 1 atom stereocenters. The second-order valence-electron chi connectivity index (χ2n) is 6.81. The number of carbonyl (C=O) groups excluding carboxylic acids is 1. The van der Waals surface area contributed by atoms with Gasteiger partial charge in [-0.3, -0.25) is 9.89 Å². The molecule has 3 heterocycles.